The summed E-state index contributed by atoms with van der Waals surface area (Å²) in [5, 5.41) is 0. The van der Waals surface area contributed by atoms with Crippen molar-refractivity contribution in [2.45, 2.75) is 71.9 Å². The zero-order valence-electron chi connectivity index (χ0n) is 20.7. The minimum atomic E-state index is -1.05. The molecule has 1 fully saturated rings. The standard InChI is InChI=1S/C24H34O10/c1-14(25)32-19-18(13-31-23(27)24(3,4)5)34-22(29-7)21(33-15(2)26)20(19)30-12-16-8-10-17(28-6)11-9-16/h8-11,18-22H,12-13H2,1-7H3/t18-,19-,20+,21+,22+/m1/s1. The van der Waals surface area contributed by atoms with Gasteiger partial charge < -0.3 is 33.2 Å². The first kappa shape index (κ1) is 27.6. The van der Waals surface area contributed by atoms with Gasteiger partial charge in [-0.05, 0) is 38.5 Å². The van der Waals surface area contributed by atoms with Crippen molar-refractivity contribution in [3.05, 3.63) is 29.8 Å². The third-order valence-corrected chi connectivity index (χ3v) is 5.02. The second-order valence-corrected chi connectivity index (χ2v) is 8.90. The molecule has 0 bridgehead atoms. The van der Waals surface area contributed by atoms with Gasteiger partial charge in [0.05, 0.1) is 19.1 Å². The minimum absolute atomic E-state index is 0.106. The van der Waals surface area contributed by atoms with Crippen molar-refractivity contribution in [2.75, 3.05) is 20.8 Å². The van der Waals surface area contributed by atoms with Crippen molar-refractivity contribution in [1.82, 2.24) is 0 Å². The molecule has 10 nitrogen and oxygen atoms in total. The monoisotopic (exact) mass is 482 g/mol. The number of carbonyl (C=O) groups excluding carboxylic acids is 3. The molecule has 0 unspecified atom stereocenters. The first-order valence-electron chi connectivity index (χ1n) is 10.9. The average Bonchev–Trinajstić information content (AvgIpc) is 2.76. The van der Waals surface area contributed by atoms with Gasteiger partial charge in [-0.3, -0.25) is 14.4 Å². The summed E-state index contributed by atoms with van der Waals surface area (Å²) in [5.74, 6) is -0.959. The molecule has 0 spiro atoms. The maximum atomic E-state index is 12.3. The highest BCUT2D eigenvalue weighted by molar-refractivity contribution is 5.75. The summed E-state index contributed by atoms with van der Waals surface area (Å²) in [4.78, 5) is 36.1. The number of hydrogen-bond donors (Lipinski definition) is 0. The van der Waals surface area contributed by atoms with E-state index >= 15 is 0 Å². The Labute approximate surface area is 199 Å². The van der Waals surface area contributed by atoms with Gasteiger partial charge in [-0.1, -0.05) is 12.1 Å². The Morgan fingerprint density at radius 2 is 1.50 bits per heavy atom. The molecular weight excluding hydrogens is 448 g/mol. The summed E-state index contributed by atoms with van der Waals surface area (Å²) in [7, 11) is 2.95. The Morgan fingerprint density at radius 3 is 2.00 bits per heavy atom. The highest BCUT2D eigenvalue weighted by Gasteiger charge is 2.51. The molecular formula is C24H34O10. The molecule has 1 heterocycles. The Morgan fingerprint density at radius 1 is 0.912 bits per heavy atom. The van der Waals surface area contributed by atoms with E-state index in [-0.39, 0.29) is 13.2 Å². The first-order valence-corrected chi connectivity index (χ1v) is 10.9. The lowest BCUT2D eigenvalue weighted by Crippen LogP contribution is -2.62. The molecule has 0 saturated carbocycles. The first-order chi connectivity index (χ1) is 16.0. The summed E-state index contributed by atoms with van der Waals surface area (Å²) in [6.45, 7) is 7.52. The fraction of sp³-hybridized carbons (Fsp3) is 0.625. The number of esters is 3. The zero-order valence-corrected chi connectivity index (χ0v) is 20.7. The molecule has 1 aromatic rings. The van der Waals surface area contributed by atoms with Crippen LogP contribution in [0.4, 0.5) is 0 Å². The molecule has 10 heteroatoms. The molecule has 34 heavy (non-hydrogen) atoms. The third-order valence-electron chi connectivity index (χ3n) is 5.02. The Balaban J connectivity index is 2.32. The summed E-state index contributed by atoms with van der Waals surface area (Å²) >= 11 is 0. The summed E-state index contributed by atoms with van der Waals surface area (Å²) < 4.78 is 38.9. The van der Waals surface area contributed by atoms with E-state index in [2.05, 4.69) is 0 Å². The Kier molecular flexibility index (Phi) is 9.84. The fourth-order valence-electron chi connectivity index (χ4n) is 3.33. The van der Waals surface area contributed by atoms with Crippen LogP contribution in [0, 0.1) is 5.41 Å². The van der Waals surface area contributed by atoms with Gasteiger partial charge in [0.2, 0.25) is 0 Å². The van der Waals surface area contributed by atoms with E-state index in [9.17, 15) is 14.4 Å². The lowest BCUT2D eigenvalue weighted by atomic mass is 9.96. The normalized spacial score (nSPS) is 24.7. The van der Waals surface area contributed by atoms with Crippen LogP contribution in [0.15, 0.2) is 24.3 Å². The van der Waals surface area contributed by atoms with Gasteiger partial charge in [0.15, 0.2) is 18.5 Å². The van der Waals surface area contributed by atoms with Crippen molar-refractivity contribution in [3.8, 4) is 5.75 Å². The van der Waals surface area contributed by atoms with Gasteiger partial charge in [0, 0.05) is 21.0 Å². The van der Waals surface area contributed by atoms with Crippen LogP contribution in [0.25, 0.3) is 0 Å². The van der Waals surface area contributed by atoms with Gasteiger partial charge in [-0.2, -0.15) is 0 Å². The molecule has 1 aromatic carbocycles. The lowest BCUT2D eigenvalue weighted by Gasteiger charge is -2.44. The van der Waals surface area contributed by atoms with E-state index in [1.165, 1.54) is 21.0 Å². The SMILES string of the molecule is COc1ccc(CO[C@@H]2[C@H](OC(C)=O)[C@@H](OC)O[C@H](COC(=O)C(C)(C)C)[C@H]2OC(C)=O)cc1. The predicted molar refractivity (Wildman–Crippen MR) is 119 cm³/mol. The largest absolute Gasteiger partial charge is 0.497 e. The maximum Gasteiger partial charge on any atom is 0.311 e. The van der Waals surface area contributed by atoms with Gasteiger partial charge in [0.1, 0.15) is 24.6 Å². The van der Waals surface area contributed by atoms with Crippen LogP contribution < -0.4 is 4.74 Å². The van der Waals surface area contributed by atoms with Crippen LogP contribution in [0.5, 0.6) is 5.75 Å². The van der Waals surface area contributed by atoms with E-state index < -0.39 is 54.0 Å². The van der Waals surface area contributed by atoms with Crippen LogP contribution in [0.1, 0.15) is 40.2 Å². The van der Waals surface area contributed by atoms with Gasteiger partial charge in [-0.25, -0.2) is 0 Å². The van der Waals surface area contributed by atoms with Crippen LogP contribution in [0.2, 0.25) is 0 Å². The number of hydrogen-bond acceptors (Lipinski definition) is 10. The van der Waals surface area contributed by atoms with Crippen molar-refractivity contribution >= 4 is 17.9 Å². The van der Waals surface area contributed by atoms with E-state index in [4.69, 9.17) is 33.2 Å². The van der Waals surface area contributed by atoms with Crippen LogP contribution >= 0.6 is 0 Å². The molecule has 190 valence electrons. The van der Waals surface area contributed by atoms with Gasteiger partial charge >= 0.3 is 17.9 Å². The number of rotatable bonds is 9. The molecule has 0 aromatic heterocycles. The molecule has 0 amide bonds. The van der Waals surface area contributed by atoms with E-state index in [1.54, 1.807) is 40.0 Å². The summed E-state index contributed by atoms with van der Waals surface area (Å²) in [6, 6.07) is 7.19. The molecule has 5 atom stereocenters. The number of benzene rings is 1. The van der Waals surface area contributed by atoms with Crippen LogP contribution in [-0.2, 0) is 49.4 Å². The molecule has 1 aliphatic rings. The predicted octanol–water partition coefficient (Wildman–Crippen LogP) is 2.40. The average molecular weight is 483 g/mol. The van der Waals surface area contributed by atoms with E-state index in [0.717, 1.165) is 5.56 Å². The maximum absolute atomic E-state index is 12.3. The van der Waals surface area contributed by atoms with Crippen LogP contribution in [-0.4, -0.2) is 69.4 Å². The topological polar surface area (TPSA) is 116 Å². The summed E-state index contributed by atoms with van der Waals surface area (Å²) in [5.41, 5.74) is 0.0664. The van der Waals surface area contributed by atoms with E-state index in [1.807, 2.05) is 12.1 Å². The third kappa shape index (κ3) is 7.68. The van der Waals surface area contributed by atoms with Crippen molar-refractivity contribution in [1.29, 1.82) is 0 Å². The molecule has 1 saturated heterocycles. The van der Waals surface area contributed by atoms with Crippen molar-refractivity contribution in [3.63, 3.8) is 0 Å². The Hall–Kier alpha value is -2.69. The summed E-state index contributed by atoms with van der Waals surface area (Å²) in [6.07, 6.45) is -5.02. The lowest BCUT2D eigenvalue weighted by molar-refractivity contribution is -0.308. The van der Waals surface area contributed by atoms with Crippen LogP contribution in [0.3, 0.4) is 0 Å². The molecule has 0 aliphatic carbocycles. The number of carbonyl (C=O) groups is 3. The fourth-order valence-corrected chi connectivity index (χ4v) is 3.33. The second-order valence-electron chi connectivity index (χ2n) is 8.90. The van der Waals surface area contributed by atoms with Gasteiger partial charge in [0.25, 0.3) is 0 Å². The minimum Gasteiger partial charge on any atom is -0.497 e. The number of ether oxygens (including phenoxy) is 7. The number of methoxy groups -OCH3 is 2. The highest BCUT2D eigenvalue weighted by Crippen LogP contribution is 2.30. The zero-order chi connectivity index (χ0) is 25.5. The van der Waals surface area contributed by atoms with Crippen molar-refractivity contribution < 1.29 is 47.5 Å². The smallest absolute Gasteiger partial charge is 0.311 e. The Bertz CT molecular complexity index is 829. The molecule has 2 rings (SSSR count). The quantitative estimate of drug-likeness (QED) is 0.384. The van der Waals surface area contributed by atoms with Gasteiger partial charge in [-0.15, -0.1) is 0 Å². The molecule has 0 radical (unpaired) electrons. The molecule has 1 aliphatic heterocycles. The van der Waals surface area contributed by atoms with E-state index in [0.29, 0.717) is 5.75 Å². The second kappa shape index (κ2) is 12.1. The van der Waals surface area contributed by atoms with Crippen molar-refractivity contribution in [2.24, 2.45) is 5.41 Å². The molecule has 0 N–H and O–H groups in total. The highest BCUT2D eigenvalue weighted by atomic mass is 16.7.